The molecule has 4 nitrogen and oxygen atoms in total. The van der Waals surface area contributed by atoms with Gasteiger partial charge < -0.3 is 9.80 Å². The highest BCUT2D eigenvalue weighted by atomic mass is 15.3. The molecular weight excluding hydrogens is 224 g/mol. The monoisotopic (exact) mass is 250 g/mol. The van der Waals surface area contributed by atoms with Crippen LogP contribution in [0.3, 0.4) is 0 Å². The van der Waals surface area contributed by atoms with Crippen molar-refractivity contribution in [1.29, 1.82) is 0 Å². The maximum Gasteiger partial charge on any atom is 0.0543 e. The van der Waals surface area contributed by atoms with Gasteiger partial charge in [0.05, 0.1) is 6.04 Å². The maximum absolute atomic E-state index is 4.35. The van der Waals surface area contributed by atoms with Crippen LogP contribution in [0.2, 0.25) is 0 Å². The van der Waals surface area contributed by atoms with Crippen LogP contribution in [0.5, 0.6) is 0 Å². The Morgan fingerprint density at radius 1 is 1.33 bits per heavy atom. The van der Waals surface area contributed by atoms with Crippen LogP contribution in [0.1, 0.15) is 32.2 Å². The second-order valence-electron chi connectivity index (χ2n) is 5.31. The number of aromatic nitrogens is 2. The van der Waals surface area contributed by atoms with Crippen molar-refractivity contribution < 1.29 is 0 Å². The Balaban J connectivity index is 1.64. The Labute approximate surface area is 111 Å². The van der Waals surface area contributed by atoms with Crippen LogP contribution in [0.15, 0.2) is 18.5 Å². The van der Waals surface area contributed by atoms with E-state index in [1.807, 2.05) is 12.3 Å². The molecule has 0 spiro atoms. The standard InChI is InChI=1S/C14H26N4/c1-3-16(2)9-5-10-17-12-6-14(7-13-17)18-11-4-8-15-18/h4,8,11,14H,3,5-7,9-10,12-13H2,1-2H3. The molecule has 0 N–H and O–H groups in total. The highest BCUT2D eigenvalue weighted by molar-refractivity contribution is 4.84. The van der Waals surface area contributed by atoms with E-state index in [1.54, 1.807) is 0 Å². The first kappa shape index (κ1) is 13.6. The lowest BCUT2D eigenvalue weighted by Gasteiger charge is -2.32. The summed E-state index contributed by atoms with van der Waals surface area (Å²) in [4.78, 5) is 4.99. The van der Waals surface area contributed by atoms with Gasteiger partial charge in [-0.3, -0.25) is 4.68 Å². The molecule has 0 atom stereocenters. The second-order valence-corrected chi connectivity index (χ2v) is 5.31. The number of piperidine rings is 1. The molecule has 1 aromatic heterocycles. The van der Waals surface area contributed by atoms with Gasteiger partial charge in [-0.25, -0.2) is 0 Å². The van der Waals surface area contributed by atoms with Crippen LogP contribution < -0.4 is 0 Å². The van der Waals surface area contributed by atoms with Gasteiger partial charge in [-0.15, -0.1) is 0 Å². The summed E-state index contributed by atoms with van der Waals surface area (Å²) < 4.78 is 2.13. The molecule has 1 saturated heterocycles. The fraction of sp³-hybridized carbons (Fsp3) is 0.786. The van der Waals surface area contributed by atoms with Crippen LogP contribution in [0.25, 0.3) is 0 Å². The normalized spacial score (nSPS) is 18.6. The first-order valence-electron chi connectivity index (χ1n) is 7.19. The van der Waals surface area contributed by atoms with E-state index in [9.17, 15) is 0 Å². The number of nitrogens with zero attached hydrogens (tertiary/aromatic N) is 4. The number of likely N-dealkylation sites (tertiary alicyclic amines) is 1. The van der Waals surface area contributed by atoms with Crippen molar-refractivity contribution in [3.8, 4) is 0 Å². The Morgan fingerprint density at radius 2 is 2.11 bits per heavy atom. The predicted molar refractivity (Wildman–Crippen MR) is 74.7 cm³/mol. The lowest BCUT2D eigenvalue weighted by atomic mass is 10.1. The largest absolute Gasteiger partial charge is 0.307 e. The SMILES string of the molecule is CCN(C)CCCN1CCC(n2cccn2)CC1. The number of rotatable bonds is 6. The molecule has 0 bridgehead atoms. The lowest BCUT2D eigenvalue weighted by molar-refractivity contribution is 0.172. The maximum atomic E-state index is 4.35. The summed E-state index contributed by atoms with van der Waals surface area (Å²) in [7, 11) is 2.20. The molecule has 102 valence electrons. The average molecular weight is 250 g/mol. The topological polar surface area (TPSA) is 24.3 Å². The third-order valence-corrected chi connectivity index (χ3v) is 4.01. The fourth-order valence-corrected chi connectivity index (χ4v) is 2.63. The van der Waals surface area contributed by atoms with Crippen LogP contribution in [0, 0.1) is 0 Å². The van der Waals surface area contributed by atoms with E-state index in [0.717, 1.165) is 6.54 Å². The van der Waals surface area contributed by atoms with Gasteiger partial charge in [0, 0.05) is 25.5 Å². The van der Waals surface area contributed by atoms with Gasteiger partial charge in [-0.05, 0) is 52.0 Å². The van der Waals surface area contributed by atoms with E-state index < -0.39 is 0 Å². The van der Waals surface area contributed by atoms with Gasteiger partial charge in [-0.1, -0.05) is 6.92 Å². The summed E-state index contributed by atoms with van der Waals surface area (Å²) in [5, 5.41) is 4.35. The molecule has 0 unspecified atom stereocenters. The first-order valence-corrected chi connectivity index (χ1v) is 7.19. The molecule has 1 aliphatic rings. The second kappa shape index (κ2) is 6.90. The summed E-state index contributed by atoms with van der Waals surface area (Å²) in [6, 6.07) is 2.64. The fourth-order valence-electron chi connectivity index (χ4n) is 2.63. The Morgan fingerprint density at radius 3 is 2.72 bits per heavy atom. The van der Waals surface area contributed by atoms with Crippen molar-refractivity contribution in [2.75, 3.05) is 39.8 Å². The summed E-state index contributed by atoms with van der Waals surface area (Å²) in [5.41, 5.74) is 0. The smallest absolute Gasteiger partial charge is 0.0543 e. The third kappa shape index (κ3) is 3.82. The van der Waals surface area contributed by atoms with E-state index >= 15 is 0 Å². The minimum atomic E-state index is 0.620. The van der Waals surface area contributed by atoms with Crippen molar-refractivity contribution in [2.45, 2.75) is 32.2 Å². The number of hydrogen-bond donors (Lipinski definition) is 0. The minimum Gasteiger partial charge on any atom is -0.307 e. The summed E-state index contributed by atoms with van der Waals surface area (Å²) >= 11 is 0. The highest BCUT2D eigenvalue weighted by Gasteiger charge is 2.20. The molecule has 0 radical (unpaired) electrons. The van der Waals surface area contributed by atoms with E-state index in [0.29, 0.717) is 6.04 Å². The van der Waals surface area contributed by atoms with Gasteiger partial charge in [-0.2, -0.15) is 5.10 Å². The van der Waals surface area contributed by atoms with Crippen molar-refractivity contribution in [2.24, 2.45) is 0 Å². The van der Waals surface area contributed by atoms with E-state index in [2.05, 4.69) is 39.7 Å². The van der Waals surface area contributed by atoms with Gasteiger partial charge in [0.1, 0.15) is 0 Å². The molecule has 18 heavy (non-hydrogen) atoms. The van der Waals surface area contributed by atoms with Crippen LogP contribution in [-0.4, -0.2) is 59.4 Å². The zero-order chi connectivity index (χ0) is 12.8. The molecule has 0 amide bonds. The molecule has 2 rings (SSSR count). The van der Waals surface area contributed by atoms with Crippen LogP contribution in [0.4, 0.5) is 0 Å². The van der Waals surface area contributed by atoms with Gasteiger partial charge >= 0.3 is 0 Å². The zero-order valence-corrected chi connectivity index (χ0v) is 11.8. The molecule has 2 heterocycles. The van der Waals surface area contributed by atoms with E-state index in [4.69, 9.17) is 0 Å². The molecule has 0 saturated carbocycles. The molecule has 0 aromatic carbocycles. The zero-order valence-electron chi connectivity index (χ0n) is 11.8. The molecule has 0 aliphatic carbocycles. The summed E-state index contributed by atoms with van der Waals surface area (Å²) in [6.07, 6.45) is 7.75. The van der Waals surface area contributed by atoms with Gasteiger partial charge in [0.25, 0.3) is 0 Å². The molecular formula is C14H26N4. The van der Waals surface area contributed by atoms with E-state index in [1.165, 1.54) is 45.4 Å². The van der Waals surface area contributed by atoms with Gasteiger partial charge in [0.15, 0.2) is 0 Å². The first-order chi connectivity index (χ1) is 8.79. The average Bonchev–Trinajstić information content (AvgIpc) is 2.93. The van der Waals surface area contributed by atoms with Crippen molar-refractivity contribution >= 4 is 0 Å². The lowest BCUT2D eigenvalue weighted by Crippen LogP contribution is -2.36. The molecule has 4 heteroatoms. The molecule has 1 aliphatic heterocycles. The van der Waals surface area contributed by atoms with Crippen LogP contribution in [-0.2, 0) is 0 Å². The van der Waals surface area contributed by atoms with Crippen LogP contribution >= 0.6 is 0 Å². The molecule has 1 aromatic rings. The Bertz CT molecular complexity index is 315. The van der Waals surface area contributed by atoms with Crippen molar-refractivity contribution in [1.82, 2.24) is 19.6 Å². The van der Waals surface area contributed by atoms with Crippen molar-refractivity contribution in [3.63, 3.8) is 0 Å². The summed E-state index contributed by atoms with van der Waals surface area (Å²) in [5.74, 6) is 0. The van der Waals surface area contributed by atoms with Crippen molar-refractivity contribution in [3.05, 3.63) is 18.5 Å². The number of hydrogen-bond acceptors (Lipinski definition) is 3. The Hall–Kier alpha value is -0.870. The highest BCUT2D eigenvalue weighted by Crippen LogP contribution is 2.21. The third-order valence-electron chi connectivity index (χ3n) is 4.01. The quantitative estimate of drug-likeness (QED) is 0.770. The molecule has 1 fully saturated rings. The summed E-state index contributed by atoms with van der Waals surface area (Å²) in [6.45, 7) is 8.28. The minimum absolute atomic E-state index is 0.620. The van der Waals surface area contributed by atoms with Gasteiger partial charge in [0.2, 0.25) is 0 Å². The van der Waals surface area contributed by atoms with E-state index in [-0.39, 0.29) is 0 Å². The predicted octanol–water partition coefficient (Wildman–Crippen LogP) is 1.86. The Kier molecular flexibility index (Phi) is 5.20.